The number of hydrogen-bond acceptors (Lipinski definition) is 4. The van der Waals surface area contributed by atoms with Crippen molar-refractivity contribution >= 4 is 71.3 Å². The minimum Gasteiger partial charge on any atom is -0.456 e. The number of anilines is 3. The maximum atomic E-state index is 6.53. The van der Waals surface area contributed by atoms with Crippen molar-refractivity contribution in [3.05, 3.63) is 206 Å². The average molecular weight is 747 g/mol. The van der Waals surface area contributed by atoms with Crippen LogP contribution >= 0.6 is 11.3 Å². The highest BCUT2D eigenvalue weighted by Gasteiger charge is 2.22. The molecule has 2 aromatic heterocycles. The number of furan rings is 1. The fourth-order valence-corrected chi connectivity index (χ4v) is 9.18. The van der Waals surface area contributed by atoms with Gasteiger partial charge >= 0.3 is 0 Å². The van der Waals surface area contributed by atoms with Crippen molar-refractivity contribution in [3.8, 4) is 44.0 Å². The van der Waals surface area contributed by atoms with E-state index in [2.05, 4.69) is 205 Å². The molecule has 0 unspecified atom stereocenters. The van der Waals surface area contributed by atoms with E-state index in [-0.39, 0.29) is 0 Å². The summed E-state index contributed by atoms with van der Waals surface area (Å²) in [6.07, 6.45) is 0. The molecule has 3 nitrogen and oxygen atoms in total. The fourth-order valence-electron chi connectivity index (χ4n) is 8.06. The normalized spacial score (nSPS) is 11.5. The van der Waals surface area contributed by atoms with Crippen LogP contribution in [0.5, 0.6) is 0 Å². The molecule has 268 valence electrons. The van der Waals surface area contributed by atoms with Gasteiger partial charge in [-0.1, -0.05) is 152 Å². The predicted molar refractivity (Wildman–Crippen MR) is 241 cm³/mol. The summed E-state index contributed by atoms with van der Waals surface area (Å²) in [5.74, 6) is 0. The maximum absolute atomic E-state index is 6.53. The second-order valence-electron chi connectivity index (χ2n) is 14.4. The minimum absolute atomic E-state index is 0.854. The summed E-state index contributed by atoms with van der Waals surface area (Å²) in [7, 11) is 0. The zero-order chi connectivity index (χ0) is 37.7. The molecule has 0 spiro atoms. The van der Waals surface area contributed by atoms with E-state index in [1.165, 1.54) is 27.5 Å². The minimum atomic E-state index is 0.854. The molecule has 0 saturated heterocycles. The summed E-state index contributed by atoms with van der Waals surface area (Å²) < 4.78 is 7.67. The molecule has 0 radical (unpaired) electrons. The Morgan fingerprint density at radius 2 is 0.947 bits per heavy atom. The van der Waals surface area contributed by atoms with E-state index in [0.29, 0.717) is 0 Å². The smallest absolute Gasteiger partial charge is 0.137 e. The molecule has 57 heavy (non-hydrogen) atoms. The molecule has 0 saturated carbocycles. The lowest BCUT2D eigenvalue weighted by molar-refractivity contribution is 0.669. The Morgan fingerprint density at radius 1 is 0.421 bits per heavy atom. The highest BCUT2D eigenvalue weighted by molar-refractivity contribution is 7.22. The molecule has 11 rings (SSSR count). The van der Waals surface area contributed by atoms with Gasteiger partial charge in [-0.05, 0) is 93.2 Å². The second kappa shape index (κ2) is 13.8. The van der Waals surface area contributed by atoms with Gasteiger partial charge in [0, 0.05) is 33.3 Å². The molecule has 0 aliphatic rings. The van der Waals surface area contributed by atoms with Crippen molar-refractivity contribution in [1.29, 1.82) is 0 Å². The van der Waals surface area contributed by atoms with E-state index in [1.54, 1.807) is 11.3 Å². The number of hydrogen-bond donors (Lipinski definition) is 0. The highest BCUT2D eigenvalue weighted by atomic mass is 32.1. The second-order valence-corrected chi connectivity index (χ2v) is 15.4. The summed E-state index contributed by atoms with van der Waals surface area (Å²) in [5, 5.41) is 5.55. The lowest BCUT2D eigenvalue weighted by atomic mass is 9.97. The van der Waals surface area contributed by atoms with Gasteiger partial charge in [0.25, 0.3) is 0 Å². The zero-order valence-corrected chi connectivity index (χ0v) is 31.7. The molecule has 11 aromatic rings. The first-order valence-corrected chi connectivity index (χ1v) is 20.0. The van der Waals surface area contributed by atoms with Gasteiger partial charge in [0.05, 0.1) is 15.9 Å². The van der Waals surface area contributed by atoms with Crippen LogP contribution < -0.4 is 4.90 Å². The number of nitrogens with zero attached hydrogens (tertiary/aromatic N) is 2. The Bertz CT molecular complexity index is 3210. The molecule has 0 N–H and O–H groups in total. The predicted octanol–water partition coefficient (Wildman–Crippen LogP) is 15.5. The van der Waals surface area contributed by atoms with Crippen LogP contribution in [-0.4, -0.2) is 4.98 Å². The molecule has 0 aliphatic carbocycles. The average Bonchev–Trinajstić information content (AvgIpc) is 3.89. The quantitative estimate of drug-likeness (QED) is 0.163. The molecule has 0 atom stereocenters. The van der Waals surface area contributed by atoms with Crippen LogP contribution in [0, 0.1) is 0 Å². The first kappa shape index (κ1) is 33.1. The number of benzene rings is 9. The first-order chi connectivity index (χ1) is 28.2. The molecular weight excluding hydrogens is 713 g/mol. The third-order valence-electron chi connectivity index (χ3n) is 10.9. The van der Waals surface area contributed by atoms with E-state index >= 15 is 0 Å². The van der Waals surface area contributed by atoms with Gasteiger partial charge in [0.2, 0.25) is 0 Å². The van der Waals surface area contributed by atoms with Gasteiger partial charge in [-0.15, -0.1) is 11.3 Å². The molecule has 0 amide bonds. The van der Waals surface area contributed by atoms with Gasteiger partial charge in [0.15, 0.2) is 0 Å². The van der Waals surface area contributed by atoms with Crippen molar-refractivity contribution in [2.24, 2.45) is 0 Å². The lowest BCUT2D eigenvalue weighted by Crippen LogP contribution is -2.11. The van der Waals surface area contributed by atoms with Gasteiger partial charge in [0.1, 0.15) is 16.2 Å². The molecule has 4 heteroatoms. The Kier molecular flexibility index (Phi) is 8.01. The van der Waals surface area contributed by atoms with Crippen LogP contribution in [-0.2, 0) is 0 Å². The van der Waals surface area contributed by atoms with Crippen molar-refractivity contribution in [2.75, 3.05) is 4.90 Å². The number of aromatic nitrogens is 1. The van der Waals surface area contributed by atoms with Crippen LogP contribution in [0.1, 0.15) is 0 Å². The monoisotopic (exact) mass is 746 g/mol. The summed E-state index contributed by atoms with van der Waals surface area (Å²) in [6, 6.07) is 73.5. The van der Waals surface area contributed by atoms with Gasteiger partial charge in [-0.3, -0.25) is 0 Å². The van der Waals surface area contributed by atoms with E-state index < -0.39 is 0 Å². The van der Waals surface area contributed by atoms with Crippen molar-refractivity contribution < 1.29 is 4.42 Å². The summed E-state index contributed by atoms with van der Waals surface area (Å²) in [5.41, 5.74) is 14.1. The first-order valence-electron chi connectivity index (χ1n) is 19.2. The Balaban J connectivity index is 1.10. The topological polar surface area (TPSA) is 29.3 Å². The van der Waals surface area contributed by atoms with Gasteiger partial charge in [-0.25, -0.2) is 4.98 Å². The molecule has 2 heterocycles. The van der Waals surface area contributed by atoms with Gasteiger partial charge in [-0.2, -0.15) is 0 Å². The molecule has 0 aliphatic heterocycles. The van der Waals surface area contributed by atoms with Crippen molar-refractivity contribution in [1.82, 2.24) is 4.98 Å². The Labute approximate surface area is 334 Å². The van der Waals surface area contributed by atoms with E-state index in [4.69, 9.17) is 9.40 Å². The Morgan fingerprint density at radius 3 is 1.61 bits per heavy atom. The van der Waals surface area contributed by atoms with Crippen LogP contribution in [0.4, 0.5) is 17.1 Å². The standard InChI is InChI=1S/C53H34N2OS/c1-4-12-35(13-5-1)36-20-22-37(23-21-36)38-24-26-43(27-25-38)55(48-33-42-19-11-10-18-41(42)32-45(48)39-14-6-2-7-15-39)44-28-30-49-46(34-44)51-50(56-49)31-29-47-52(51)57-53(54-47)40-16-8-3-9-17-40/h1-34H. The fraction of sp³-hybridized carbons (Fsp3) is 0. The molecular formula is C53H34N2OS. The lowest BCUT2D eigenvalue weighted by Gasteiger charge is -2.29. The van der Waals surface area contributed by atoms with E-state index in [9.17, 15) is 0 Å². The largest absolute Gasteiger partial charge is 0.456 e. The molecule has 0 bridgehead atoms. The number of fused-ring (bicyclic) bond motifs is 6. The summed E-state index contributed by atoms with van der Waals surface area (Å²) >= 11 is 1.72. The summed E-state index contributed by atoms with van der Waals surface area (Å²) in [6.45, 7) is 0. The Hall–Kier alpha value is -7.27. The third-order valence-corrected chi connectivity index (χ3v) is 12.0. The number of rotatable bonds is 7. The van der Waals surface area contributed by atoms with Crippen LogP contribution in [0.25, 0.3) is 86.9 Å². The van der Waals surface area contributed by atoms with Crippen LogP contribution in [0.15, 0.2) is 211 Å². The van der Waals surface area contributed by atoms with Crippen molar-refractivity contribution in [3.63, 3.8) is 0 Å². The number of thiazole rings is 1. The SMILES string of the molecule is c1ccc(-c2ccc(-c3ccc(N(c4ccc5oc6ccc7nc(-c8ccccc8)sc7c6c5c4)c4cc5ccccc5cc4-c4ccccc4)cc3)cc2)cc1. The zero-order valence-electron chi connectivity index (χ0n) is 30.8. The van der Waals surface area contributed by atoms with Crippen molar-refractivity contribution in [2.45, 2.75) is 0 Å². The van der Waals surface area contributed by atoms with Crippen LogP contribution in [0.3, 0.4) is 0 Å². The maximum Gasteiger partial charge on any atom is 0.137 e. The van der Waals surface area contributed by atoms with E-state index in [1.807, 2.05) is 6.07 Å². The third kappa shape index (κ3) is 5.95. The molecule has 9 aromatic carbocycles. The van der Waals surface area contributed by atoms with Gasteiger partial charge < -0.3 is 9.32 Å². The summed E-state index contributed by atoms with van der Waals surface area (Å²) in [4.78, 5) is 7.47. The highest BCUT2D eigenvalue weighted by Crippen LogP contribution is 2.46. The van der Waals surface area contributed by atoms with E-state index in [0.717, 1.165) is 76.5 Å². The van der Waals surface area contributed by atoms with Crippen LogP contribution in [0.2, 0.25) is 0 Å². The molecule has 0 fully saturated rings.